The summed E-state index contributed by atoms with van der Waals surface area (Å²) in [7, 11) is 0. The summed E-state index contributed by atoms with van der Waals surface area (Å²) in [5, 5.41) is 11.1. The smallest absolute Gasteiger partial charge is 0.416 e. The molecule has 25 heavy (non-hydrogen) atoms. The van der Waals surface area contributed by atoms with Crippen molar-refractivity contribution in [1.82, 2.24) is 5.32 Å². The van der Waals surface area contributed by atoms with Crippen LogP contribution in [0.4, 0.5) is 13.2 Å². The van der Waals surface area contributed by atoms with Gasteiger partial charge in [0.1, 0.15) is 6.61 Å². The molecule has 1 aliphatic carbocycles. The van der Waals surface area contributed by atoms with E-state index in [1.807, 2.05) is 0 Å². The number of hydrogen-bond acceptors (Lipinski definition) is 3. The maximum atomic E-state index is 13.0. The first kappa shape index (κ1) is 19.2. The zero-order chi connectivity index (χ0) is 18.5. The molecule has 1 aromatic carbocycles. The fourth-order valence-corrected chi connectivity index (χ4v) is 3.18. The zero-order valence-electron chi connectivity index (χ0n) is 13.6. The number of carbonyl (C=O) groups is 2. The van der Waals surface area contributed by atoms with Crippen molar-refractivity contribution < 1.29 is 32.6 Å². The maximum Gasteiger partial charge on any atom is 0.416 e. The van der Waals surface area contributed by atoms with Gasteiger partial charge in [-0.3, -0.25) is 4.79 Å². The molecule has 1 amide bonds. The van der Waals surface area contributed by atoms with E-state index in [0.717, 1.165) is 25.0 Å². The van der Waals surface area contributed by atoms with E-state index in [2.05, 4.69) is 5.32 Å². The van der Waals surface area contributed by atoms with Crippen LogP contribution < -0.4 is 5.32 Å². The van der Waals surface area contributed by atoms with E-state index in [-0.39, 0.29) is 19.1 Å². The molecule has 0 atom stereocenters. The molecule has 0 saturated heterocycles. The summed E-state index contributed by atoms with van der Waals surface area (Å²) in [5.74, 6) is -1.45. The van der Waals surface area contributed by atoms with Gasteiger partial charge in [-0.1, -0.05) is 31.0 Å². The molecule has 0 bridgehead atoms. The van der Waals surface area contributed by atoms with Gasteiger partial charge in [0.25, 0.3) is 0 Å². The van der Waals surface area contributed by atoms with Crippen molar-refractivity contribution >= 4 is 11.9 Å². The van der Waals surface area contributed by atoms with E-state index in [4.69, 9.17) is 9.84 Å². The number of carbonyl (C=O) groups excluding carboxylic acids is 1. The molecule has 138 valence electrons. The lowest BCUT2D eigenvalue weighted by atomic mass is 9.77. The summed E-state index contributed by atoms with van der Waals surface area (Å²) < 4.78 is 43.8. The Kier molecular flexibility index (Phi) is 6.05. The molecule has 0 unspecified atom stereocenters. The highest BCUT2D eigenvalue weighted by atomic mass is 19.4. The van der Waals surface area contributed by atoms with Crippen LogP contribution in [0.5, 0.6) is 0 Å². The number of amides is 1. The number of halogens is 3. The van der Waals surface area contributed by atoms with Crippen molar-refractivity contribution in [1.29, 1.82) is 0 Å². The lowest BCUT2D eigenvalue weighted by Crippen LogP contribution is -2.44. The number of benzene rings is 1. The topological polar surface area (TPSA) is 75.6 Å². The van der Waals surface area contributed by atoms with Crippen LogP contribution in [0.15, 0.2) is 24.3 Å². The Morgan fingerprint density at radius 1 is 1.24 bits per heavy atom. The molecule has 5 nitrogen and oxygen atoms in total. The van der Waals surface area contributed by atoms with Gasteiger partial charge in [0.15, 0.2) is 0 Å². The number of aliphatic carboxylic acids is 1. The van der Waals surface area contributed by atoms with E-state index in [1.165, 1.54) is 6.07 Å². The van der Waals surface area contributed by atoms with Crippen molar-refractivity contribution in [2.24, 2.45) is 0 Å². The molecule has 8 heteroatoms. The minimum absolute atomic E-state index is 0.0245. The summed E-state index contributed by atoms with van der Waals surface area (Å²) >= 11 is 0. The normalized spacial score (nSPS) is 16.6. The highest BCUT2D eigenvalue weighted by Gasteiger charge is 2.43. The van der Waals surface area contributed by atoms with Crippen LogP contribution in [0, 0.1) is 0 Å². The van der Waals surface area contributed by atoms with Gasteiger partial charge >= 0.3 is 12.1 Å². The predicted molar refractivity (Wildman–Crippen MR) is 83.1 cm³/mol. The molecule has 0 aromatic heterocycles. The Labute approximate surface area is 143 Å². The van der Waals surface area contributed by atoms with E-state index in [0.29, 0.717) is 18.4 Å². The van der Waals surface area contributed by atoms with E-state index < -0.39 is 29.7 Å². The Morgan fingerprint density at radius 2 is 1.92 bits per heavy atom. The van der Waals surface area contributed by atoms with Crippen molar-refractivity contribution in [3.63, 3.8) is 0 Å². The summed E-state index contributed by atoms with van der Waals surface area (Å²) in [5.41, 5.74) is -1.38. The van der Waals surface area contributed by atoms with Gasteiger partial charge in [-0.15, -0.1) is 0 Å². The molecular formula is C17H20F3NO4. The number of nitrogens with one attached hydrogen (secondary N) is 1. The number of ether oxygens (including phenoxy) is 1. The largest absolute Gasteiger partial charge is 0.480 e. The minimum Gasteiger partial charge on any atom is -0.480 e. The second-order valence-corrected chi connectivity index (χ2v) is 6.07. The van der Waals surface area contributed by atoms with Crippen molar-refractivity contribution in [3.05, 3.63) is 35.4 Å². The van der Waals surface area contributed by atoms with E-state index in [9.17, 15) is 22.8 Å². The second-order valence-electron chi connectivity index (χ2n) is 6.07. The Hall–Kier alpha value is -2.09. The molecule has 1 saturated carbocycles. The second kappa shape index (κ2) is 7.86. The monoisotopic (exact) mass is 359 g/mol. The molecule has 1 aliphatic rings. The maximum absolute atomic E-state index is 13.0. The zero-order valence-corrected chi connectivity index (χ0v) is 13.6. The fourth-order valence-electron chi connectivity index (χ4n) is 3.18. The lowest BCUT2D eigenvalue weighted by Gasteiger charge is -2.29. The average Bonchev–Trinajstić information content (AvgIpc) is 3.04. The third kappa shape index (κ3) is 4.72. The third-order valence-electron chi connectivity index (χ3n) is 4.39. The first-order valence-corrected chi connectivity index (χ1v) is 8.01. The van der Waals surface area contributed by atoms with Crippen LogP contribution in [-0.2, 0) is 25.9 Å². The van der Waals surface area contributed by atoms with Gasteiger partial charge in [0.05, 0.1) is 17.6 Å². The number of carboxylic acids is 1. The van der Waals surface area contributed by atoms with Crippen molar-refractivity contribution in [2.45, 2.75) is 37.3 Å². The van der Waals surface area contributed by atoms with Gasteiger partial charge in [-0.05, 0) is 24.5 Å². The lowest BCUT2D eigenvalue weighted by molar-refractivity contribution is -0.142. The number of alkyl halides is 3. The predicted octanol–water partition coefficient (Wildman–Crippen LogP) is 2.73. The van der Waals surface area contributed by atoms with Crippen molar-refractivity contribution in [3.8, 4) is 0 Å². The third-order valence-corrected chi connectivity index (χ3v) is 4.39. The molecule has 2 N–H and O–H groups in total. The number of hydrogen-bond donors (Lipinski definition) is 2. The molecule has 0 aliphatic heterocycles. The standard InChI is InChI=1S/C17H20F3NO4/c18-17(19,20)13-5-3-4-12(10-13)16(6-1-2-7-16)15(24)21-8-9-25-11-14(22)23/h3-5,10H,1-2,6-9,11H2,(H,21,24)(H,22,23). The van der Waals surface area contributed by atoms with Gasteiger partial charge < -0.3 is 15.2 Å². The highest BCUT2D eigenvalue weighted by molar-refractivity contribution is 5.88. The highest BCUT2D eigenvalue weighted by Crippen LogP contribution is 2.43. The van der Waals surface area contributed by atoms with E-state index >= 15 is 0 Å². The van der Waals surface area contributed by atoms with Crippen molar-refractivity contribution in [2.75, 3.05) is 19.8 Å². The summed E-state index contributed by atoms with van der Waals surface area (Å²) in [4.78, 5) is 23.0. The van der Waals surface area contributed by atoms with Crippen LogP contribution in [0.2, 0.25) is 0 Å². The first-order chi connectivity index (χ1) is 11.8. The SMILES string of the molecule is O=C(O)COCCNC(=O)C1(c2cccc(C(F)(F)F)c2)CCCC1. The van der Waals surface area contributed by atoms with Gasteiger partial charge in [-0.2, -0.15) is 13.2 Å². The van der Waals surface area contributed by atoms with Crippen LogP contribution in [0.25, 0.3) is 0 Å². The Morgan fingerprint density at radius 3 is 2.52 bits per heavy atom. The molecule has 1 aromatic rings. The average molecular weight is 359 g/mol. The summed E-state index contributed by atoms with van der Waals surface area (Å²) in [6, 6.07) is 4.91. The quantitative estimate of drug-likeness (QED) is 0.734. The van der Waals surface area contributed by atoms with Gasteiger partial charge in [0.2, 0.25) is 5.91 Å². The molecule has 0 spiro atoms. The molecule has 2 rings (SSSR count). The van der Waals surface area contributed by atoms with Crippen LogP contribution in [-0.4, -0.2) is 36.7 Å². The van der Waals surface area contributed by atoms with Gasteiger partial charge in [-0.25, -0.2) is 4.79 Å². The molecule has 0 radical (unpaired) electrons. The molecular weight excluding hydrogens is 339 g/mol. The fraction of sp³-hybridized carbons (Fsp3) is 0.529. The summed E-state index contributed by atoms with van der Waals surface area (Å²) in [6.45, 7) is -0.335. The number of rotatable bonds is 7. The minimum atomic E-state index is -4.46. The van der Waals surface area contributed by atoms with Gasteiger partial charge in [0, 0.05) is 6.54 Å². The van der Waals surface area contributed by atoms with Crippen LogP contribution in [0.1, 0.15) is 36.8 Å². The first-order valence-electron chi connectivity index (χ1n) is 8.01. The Balaban J connectivity index is 2.10. The van der Waals surface area contributed by atoms with E-state index in [1.54, 1.807) is 6.07 Å². The summed E-state index contributed by atoms with van der Waals surface area (Å²) in [6.07, 6.45) is -1.97. The van der Waals surface area contributed by atoms with Crippen LogP contribution in [0.3, 0.4) is 0 Å². The molecule has 0 heterocycles. The van der Waals surface area contributed by atoms with Crippen LogP contribution >= 0.6 is 0 Å². The molecule has 1 fully saturated rings. The number of carboxylic acid groups (broad SMARTS) is 1. The Bertz CT molecular complexity index is 625.